The lowest BCUT2D eigenvalue weighted by molar-refractivity contribution is -0.936. The highest BCUT2D eigenvalue weighted by molar-refractivity contribution is 7.92. The number of rotatable bonds is 11. The van der Waals surface area contributed by atoms with Crippen LogP contribution in [-0.2, 0) is 9.84 Å². The number of quaternary nitrogens is 1. The third-order valence-corrected chi connectivity index (χ3v) is 6.30. The molecule has 0 radical (unpaired) electrons. The minimum absolute atomic E-state index is 0.0794. The van der Waals surface area contributed by atoms with E-state index in [9.17, 15) is 26.0 Å². The van der Waals surface area contributed by atoms with Gasteiger partial charge in [0.1, 0.15) is 0 Å². The summed E-state index contributed by atoms with van der Waals surface area (Å²) >= 11 is 0. The number of hydrogen-bond donors (Lipinski definition) is 1. The first-order valence-electron chi connectivity index (χ1n) is 7.83. The van der Waals surface area contributed by atoms with Crippen molar-refractivity contribution in [2.45, 2.75) is 62.5 Å². The minimum atomic E-state index is -5.58. The first-order valence-corrected chi connectivity index (χ1v) is 9.48. The van der Waals surface area contributed by atoms with Gasteiger partial charge in [-0.05, 0) is 6.42 Å². The molecule has 0 aromatic rings. The molecule has 0 saturated carbocycles. The summed E-state index contributed by atoms with van der Waals surface area (Å²) in [5.41, 5.74) is 4.10. The van der Waals surface area contributed by atoms with Crippen LogP contribution in [0.4, 0.5) is 22.0 Å². The van der Waals surface area contributed by atoms with Crippen LogP contribution in [0.3, 0.4) is 0 Å². The molecule has 0 aliphatic heterocycles. The molecule has 0 aromatic carbocycles. The largest absolute Gasteiger partial charge is 0.423 e. The molecule has 4 nitrogen and oxygen atoms in total. The molecular formula is C14H28F5N2O2S+. The zero-order chi connectivity index (χ0) is 19.4. The number of nitrogens with zero attached hydrogens (tertiary/aromatic N) is 1. The van der Waals surface area contributed by atoms with Crippen LogP contribution in [0, 0.1) is 0 Å². The molecule has 1 unspecified atom stereocenters. The molecule has 0 saturated heterocycles. The average molecular weight is 383 g/mol. The van der Waals surface area contributed by atoms with Gasteiger partial charge >= 0.3 is 17.1 Å². The van der Waals surface area contributed by atoms with Gasteiger partial charge in [-0.15, -0.1) is 0 Å². The summed E-state index contributed by atoms with van der Waals surface area (Å²) in [7, 11) is -2.89. The van der Waals surface area contributed by atoms with Crippen molar-refractivity contribution < 1.29 is 34.9 Å². The molecular weight excluding hydrogens is 355 g/mol. The Balaban J connectivity index is 5.47. The van der Waals surface area contributed by atoms with Gasteiger partial charge in [0.05, 0.1) is 26.9 Å². The van der Waals surface area contributed by atoms with Crippen molar-refractivity contribution in [3.63, 3.8) is 0 Å². The Morgan fingerprint density at radius 1 is 0.875 bits per heavy atom. The monoisotopic (exact) mass is 383 g/mol. The molecule has 0 heterocycles. The predicted molar refractivity (Wildman–Crippen MR) is 83.1 cm³/mol. The van der Waals surface area contributed by atoms with Crippen LogP contribution in [0.1, 0.15) is 45.4 Å². The van der Waals surface area contributed by atoms with E-state index in [1.54, 1.807) is 0 Å². The number of hydrogen-bond acceptors (Lipinski definition) is 3. The van der Waals surface area contributed by atoms with E-state index in [0.29, 0.717) is 12.8 Å². The van der Waals surface area contributed by atoms with E-state index in [2.05, 4.69) is 5.73 Å². The maximum atomic E-state index is 15.1. The Hall–Kier alpha value is -0.480. The molecule has 10 heteroatoms. The normalized spacial score (nSPS) is 16.9. The molecule has 0 bridgehead atoms. The molecule has 0 fully saturated rings. The van der Waals surface area contributed by atoms with Crippen LogP contribution in [0.15, 0.2) is 0 Å². The van der Waals surface area contributed by atoms with Crippen LogP contribution in [0.25, 0.3) is 0 Å². The van der Waals surface area contributed by atoms with Crippen molar-refractivity contribution in [2.24, 2.45) is 5.73 Å². The predicted octanol–water partition coefficient (Wildman–Crippen LogP) is 3.28. The maximum Gasteiger partial charge on any atom is 0.423 e. The maximum absolute atomic E-state index is 15.1. The molecule has 24 heavy (non-hydrogen) atoms. The van der Waals surface area contributed by atoms with E-state index in [1.165, 1.54) is 0 Å². The van der Waals surface area contributed by atoms with Crippen molar-refractivity contribution in [3.8, 4) is 0 Å². The van der Waals surface area contributed by atoms with E-state index < -0.39 is 37.2 Å². The minimum Gasteiger partial charge on any atom is -0.280 e. The Morgan fingerprint density at radius 2 is 1.29 bits per heavy atom. The molecule has 1 atom stereocenters. The fourth-order valence-corrected chi connectivity index (χ4v) is 4.66. The van der Waals surface area contributed by atoms with Gasteiger partial charge in [-0.3, -0.25) is 10.2 Å². The zero-order valence-electron chi connectivity index (χ0n) is 14.6. The van der Waals surface area contributed by atoms with Gasteiger partial charge in [-0.2, -0.15) is 22.0 Å². The van der Waals surface area contributed by atoms with E-state index >= 15 is 4.39 Å². The molecule has 146 valence electrons. The lowest BCUT2D eigenvalue weighted by atomic mass is 10.1. The van der Waals surface area contributed by atoms with Crippen LogP contribution < -0.4 is 5.73 Å². The highest BCUT2D eigenvalue weighted by atomic mass is 32.2. The Kier molecular flexibility index (Phi) is 7.66. The molecule has 0 amide bonds. The van der Waals surface area contributed by atoms with Gasteiger partial charge in [0.2, 0.25) is 9.84 Å². The topological polar surface area (TPSA) is 60.2 Å². The van der Waals surface area contributed by atoms with Crippen molar-refractivity contribution in [2.75, 3.05) is 26.9 Å². The standard InChI is InChI=1S/C14H28F5N2O2S/c1-5-6-7-8-9-10-11-24(22,23)14(19,21(2,3)4)12(15,16)13(17,18)20/h5-11,20H2,1-4H3/q+1. The van der Waals surface area contributed by atoms with Crippen molar-refractivity contribution in [1.82, 2.24) is 0 Å². The van der Waals surface area contributed by atoms with Gasteiger partial charge < -0.3 is 0 Å². The van der Waals surface area contributed by atoms with E-state index in [4.69, 9.17) is 0 Å². The highest BCUT2D eigenvalue weighted by Crippen LogP contribution is 2.49. The number of halogens is 5. The van der Waals surface area contributed by atoms with Crippen LogP contribution in [0.2, 0.25) is 0 Å². The van der Waals surface area contributed by atoms with Crippen LogP contribution in [-0.4, -0.2) is 56.9 Å². The molecule has 2 N–H and O–H groups in total. The number of alkyl halides is 5. The second kappa shape index (κ2) is 7.82. The van der Waals surface area contributed by atoms with E-state index in [-0.39, 0.29) is 6.42 Å². The van der Waals surface area contributed by atoms with Crippen LogP contribution >= 0.6 is 0 Å². The summed E-state index contributed by atoms with van der Waals surface area (Å²) in [6.45, 7) is 1.98. The second-order valence-electron chi connectivity index (χ2n) is 6.86. The molecule has 0 spiro atoms. The third kappa shape index (κ3) is 4.57. The lowest BCUT2D eigenvalue weighted by Crippen LogP contribution is -2.74. The zero-order valence-corrected chi connectivity index (χ0v) is 15.4. The average Bonchev–Trinajstić information content (AvgIpc) is 2.38. The van der Waals surface area contributed by atoms with Crippen molar-refractivity contribution in [1.29, 1.82) is 0 Å². The quantitative estimate of drug-likeness (QED) is 0.258. The molecule has 0 aliphatic carbocycles. The summed E-state index contributed by atoms with van der Waals surface area (Å²) in [4.78, 5) is 0. The van der Waals surface area contributed by atoms with Crippen LogP contribution in [0.5, 0.6) is 0 Å². The molecule has 0 aromatic heterocycles. The summed E-state index contributed by atoms with van der Waals surface area (Å²) in [6.07, 6.45) is 3.71. The number of sulfone groups is 1. The lowest BCUT2D eigenvalue weighted by Gasteiger charge is -2.43. The second-order valence-corrected chi connectivity index (χ2v) is 9.04. The van der Waals surface area contributed by atoms with Crippen molar-refractivity contribution in [3.05, 3.63) is 0 Å². The summed E-state index contributed by atoms with van der Waals surface area (Å²) < 4.78 is 92.1. The summed E-state index contributed by atoms with van der Waals surface area (Å²) in [5, 5.41) is -4.54. The first-order chi connectivity index (χ1) is 10.6. The van der Waals surface area contributed by atoms with Gasteiger partial charge in [0.15, 0.2) is 0 Å². The van der Waals surface area contributed by atoms with E-state index in [0.717, 1.165) is 40.4 Å². The van der Waals surface area contributed by atoms with E-state index in [1.807, 2.05) is 6.92 Å². The SMILES string of the molecule is CCCCCCCCS(=O)(=O)C(F)(C(F)(F)C(N)(F)F)[N+](C)(C)C. The van der Waals surface area contributed by atoms with Gasteiger partial charge in [0.25, 0.3) is 0 Å². The first kappa shape index (κ1) is 23.5. The number of nitrogens with two attached hydrogens (primary N) is 1. The Morgan fingerprint density at radius 3 is 1.67 bits per heavy atom. The summed E-state index contributed by atoms with van der Waals surface area (Å²) in [6, 6.07) is -5.32. The summed E-state index contributed by atoms with van der Waals surface area (Å²) in [5.74, 6) is -6.53. The molecule has 0 aliphatic rings. The fourth-order valence-electron chi connectivity index (χ4n) is 2.45. The van der Waals surface area contributed by atoms with Gasteiger partial charge in [-0.25, -0.2) is 8.42 Å². The smallest absolute Gasteiger partial charge is 0.280 e. The van der Waals surface area contributed by atoms with Gasteiger partial charge in [0, 0.05) is 0 Å². The Bertz CT molecular complexity index is 500. The third-order valence-electron chi connectivity index (χ3n) is 3.85. The van der Waals surface area contributed by atoms with Gasteiger partial charge in [-0.1, -0.05) is 39.0 Å². The Labute approximate surface area is 140 Å². The molecule has 0 rings (SSSR count). The van der Waals surface area contributed by atoms with Crippen molar-refractivity contribution >= 4 is 9.84 Å². The fraction of sp³-hybridized carbons (Fsp3) is 1.00. The number of unbranched alkanes of at least 4 members (excludes halogenated alkanes) is 5. The highest BCUT2D eigenvalue weighted by Gasteiger charge is 2.81.